The molecule has 0 radical (unpaired) electrons. The topological polar surface area (TPSA) is 69.9 Å². The summed E-state index contributed by atoms with van der Waals surface area (Å²) in [6.07, 6.45) is 1.66. The lowest BCUT2D eigenvalue weighted by atomic mass is 9.95. The van der Waals surface area contributed by atoms with Gasteiger partial charge in [-0.05, 0) is 18.2 Å². The van der Waals surface area contributed by atoms with Gasteiger partial charge in [0.15, 0.2) is 5.76 Å². The minimum atomic E-state index is -0.0617. The monoisotopic (exact) mass is 270 g/mol. The first-order valence-electron chi connectivity index (χ1n) is 6.61. The summed E-state index contributed by atoms with van der Waals surface area (Å²) in [5, 5.41) is 3.76. The van der Waals surface area contributed by atoms with E-state index in [-0.39, 0.29) is 5.41 Å². The number of anilines is 1. The lowest BCUT2D eigenvalue weighted by Crippen LogP contribution is -2.19. The van der Waals surface area contributed by atoms with Crippen LogP contribution in [0.3, 0.4) is 0 Å². The van der Waals surface area contributed by atoms with E-state index in [2.05, 4.69) is 30.5 Å². The molecule has 0 aliphatic carbocycles. The van der Waals surface area contributed by atoms with Gasteiger partial charge in [0.1, 0.15) is 5.82 Å². The van der Waals surface area contributed by atoms with Crippen LogP contribution in [0.15, 0.2) is 35.0 Å². The molecule has 1 aromatic carbocycles. The second-order valence-electron chi connectivity index (χ2n) is 6.00. The highest BCUT2D eigenvalue weighted by molar-refractivity contribution is 5.80. The van der Waals surface area contributed by atoms with Crippen molar-refractivity contribution in [2.75, 3.05) is 5.73 Å². The molecule has 5 heteroatoms. The molecule has 0 bridgehead atoms. The van der Waals surface area contributed by atoms with E-state index in [9.17, 15) is 0 Å². The molecule has 3 rings (SSSR count). The number of rotatable bonds is 2. The third kappa shape index (κ3) is 2.15. The van der Waals surface area contributed by atoms with Gasteiger partial charge < -0.3 is 14.8 Å². The van der Waals surface area contributed by atoms with E-state index in [1.807, 2.05) is 24.3 Å². The van der Waals surface area contributed by atoms with Crippen LogP contribution in [0, 0.1) is 0 Å². The van der Waals surface area contributed by atoms with Gasteiger partial charge in [0.05, 0.1) is 23.8 Å². The van der Waals surface area contributed by atoms with E-state index < -0.39 is 0 Å². The Hall–Kier alpha value is -2.30. The van der Waals surface area contributed by atoms with Gasteiger partial charge in [-0.2, -0.15) is 0 Å². The van der Waals surface area contributed by atoms with Gasteiger partial charge in [0.2, 0.25) is 0 Å². The number of hydrogen-bond donors (Lipinski definition) is 1. The Kier molecular flexibility index (Phi) is 2.78. The molecule has 0 saturated carbocycles. The number of aromatic nitrogens is 3. The summed E-state index contributed by atoms with van der Waals surface area (Å²) in [6.45, 7) is 7.06. The fourth-order valence-corrected chi connectivity index (χ4v) is 2.36. The standard InChI is InChI=1S/C15H18N4O/c1-15(2,3)14-18-12-8-10(16)4-5-13(12)19(14)9-11-6-7-17-20-11/h4-8H,9,16H2,1-3H3. The Labute approximate surface area is 117 Å². The molecule has 2 N–H and O–H groups in total. The molecular formula is C15H18N4O. The minimum Gasteiger partial charge on any atom is -0.399 e. The normalized spacial score (nSPS) is 12.2. The fraction of sp³-hybridized carbons (Fsp3) is 0.333. The van der Waals surface area contributed by atoms with Gasteiger partial charge in [0.25, 0.3) is 0 Å². The summed E-state index contributed by atoms with van der Waals surface area (Å²) in [4.78, 5) is 4.75. The highest BCUT2D eigenvalue weighted by Gasteiger charge is 2.23. The summed E-state index contributed by atoms with van der Waals surface area (Å²) in [6, 6.07) is 7.67. The van der Waals surface area contributed by atoms with Crippen LogP contribution < -0.4 is 5.73 Å². The Morgan fingerprint density at radius 1 is 1.25 bits per heavy atom. The lowest BCUT2D eigenvalue weighted by molar-refractivity contribution is 0.372. The van der Waals surface area contributed by atoms with Crippen LogP contribution in [0.4, 0.5) is 5.69 Å². The Bertz CT molecular complexity index is 735. The molecule has 0 atom stereocenters. The van der Waals surface area contributed by atoms with Crippen LogP contribution in [0.25, 0.3) is 11.0 Å². The summed E-state index contributed by atoms with van der Waals surface area (Å²) in [5.41, 5.74) is 8.48. The van der Waals surface area contributed by atoms with Crippen molar-refractivity contribution < 1.29 is 4.52 Å². The number of nitrogens with two attached hydrogens (primary N) is 1. The Morgan fingerprint density at radius 3 is 2.70 bits per heavy atom. The van der Waals surface area contributed by atoms with Gasteiger partial charge in [-0.25, -0.2) is 4.98 Å². The van der Waals surface area contributed by atoms with Gasteiger partial charge in [0, 0.05) is 17.2 Å². The average Bonchev–Trinajstić information content (AvgIpc) is 2.97. The molecule has 0 fully saturated rings. The van der Waals surface area contributed by atoms with Crippen LogP contribution in [0.2, 0.25) is 0 Å². The first kappa shape index (κ1) is 12.7. The number of hydrogen-bond acceptors (Lipinski definition) is 4. The zero-order valence-corrected chi connectivity index (χ0v) is 11.9. The van der Waals surface area contributed by atoms with Crippen LogP contribution in [-0.4, -0.2) is 14.7 Å². The van der Waals surface area contributed by atoms with Crippen molar-refractivity contribution in [1.29, 1.82) is 0 Å². The maximum Gasteiger partial charge on any atom is 0.156 e. The SMILES string of the molecule is CC(C)(C)c1nc2cc(N)ccc2n1Cc1ccno1. The third-order valence-electron chi connectivity index (χ3n) is 3.25. The summed E-state index contributed by atoms with van der Waals surface area (Å²) in [7, 11) is 0. The molecule has 0 aliphatic heterocycles. The second kappa shape index (κ2) is 4.37. The zero-order chi connectivity index (χ0) is 14.3. The van der Waals surface area contributed by atoms with Crippen molar-refractivity contribution in [2.45, 2.75) is 32.7 Å². The molecule has 0 unspecified atom stereocenters. The molecule has 104 valence electrons. The zero-order valence-electron chi connectivity index (χ0n) is 11.9. The van der Waals surface area contributed by atoms with Crippen molar-refractivity contribution in [3.05, 3.63) is 42.0 Å². The number of imidazole rings is 1. The predicted molar refractivity (Wildman–Crippen MR) is 78.5 cm³/mol. The molecule has 2 heterocycles. The first-order chi connectivity index (χ1) is 9.45. The van der Waals surface area contributed by atoms with Crippen LogP contribution in [-0.2, 0) is 12.0 Å². The maximum absolute atomic E-state index is 5.85. The highest BCUT2D eigenvalue weighted by Crippen LogP contribution is 2.28. The average molecular weight is 270 g/mol. The number of nitrogen functional groups attached to an aromatic ring is 1. The van der Waals surface area contributed by atoms with Gasteiger partial charge in [-0.3, -0.25) is 0 Å². The molecule has 0 spiro atoms. The maximum atomic E-state index is 5.85. The minimum absolute atomic E-state index is 0.0617. The van der Waals surface area contributed by atoms with Crippen molar-refractivity contribution in [1.82, 2.24) is 14.7 Å². The number of benzene rings is 1. The van der Waals surface area contributed by atoms with Gasteiger partial charge in [-0.1, -0.05) is 25.9 Å². The molecule has 5 nitrogen and oxygen atoms in total. The van der Waals surface area contributed by atoms with E-state index >= 15 is 0 Å². The molecule has 3 aromatic rings. The summed E-state index contributed by atoms with van der Waals surface area (Å²) in [5.74, 6) is 1.82. The third-order valence-corrected chi connectivity index (χ3v) is 3.25. The molecular weight excluding hydrogens is 252 g/mol. The van der Waals surface area contributed by atoms with Crippen molar-refractivity contribution in [2.24, 2.45) is 0 Å². The smallest absolute Gasteiger partial charge is 0.156 e. The summed E-state index contributed by atoms with van der Waals surface area (Å²) < 4.78 is 7.39. The van der Waals surface area contributed by atoms with E-state index in [0.29, 0.717) is 6.54 Å². The van der Waals surface area contributed by atoms with Gasteiger partial charge >= 0.3 is 0 Å². The molecule has 0 saturated heterocycles. The second-order valence-corrected chi connectivity index (χ2v) is 6.00. The predicted octanol–water partition coefficient (Wildman–Crippen LogP) is 2.95. The molecule has 2 aromatic heterocycles. The fourth-order valence-electron chi connectivity index (χ4n) is 2.36. The van der Waals surface area contributed by atoms with E-state index in [1.165, 1.54) is 0 Å². The molecule has 20 heavy (non-hydrogen) atoms. The summed E-state index contributed by atoms with van der Waals surface area (Å²) >= 11 is 0. The Morgan fingerprint density at radius 2 is 2.05 bits per heavy atom. The molecule has 0 amide bonds. The van der Waals surface area contributed by atoms with E-state index in [0.717, 1.165) is 28.3 Å². The lowest BCUT2D eigenvalue weighted by Gasteiger charge is -2.19. The Balaban J connectivity index is 2.20. The quantitative estimate of drug-likeness (QED) is 0.727. The largest absolute Gasteiger partial charge is 0.399 e. The van der Waals surface area contributed by atoms with Crippen LogP contribution in [0.5, 0.6) is 0 Å². The molecule has 0 aliphatic rings. The van der Waals surface area contributed by atoms with Crippen LogP contribution >= 0.6 is 0 Å². The number of fused-ring (bicyclic) bond motifs is 1. The number of nitrogens with zero attached hydrogens (tertiary/aromatic N) is 3. The van der Waals surface area contributed by atoms with Crippen molar-refractivity contribution in [3.63, 3.8) is 0 Å². The van der Waals surface area contributed by atoms with Gasteiger partial charge in [-0.15, -0.1) is 0 Å². The van der Waals surface area contributed by atoms with Crippen LogP contribution in [0.1, 0.15) is 32.4 Å². The highest BCUT2D eigenvalue weighted by atomic mass is 16.5. The van der Waals surface area contributed by atoms with Crippen molar-refractivity contribution >= 4 is 16.7 Å². The van der Waals surface area contributed by atoms with Crippen molar-refractivity contribution in [3.8, 4) is 0 Å². The van der Waals surface area contributed by atoms with E-state index in [4.69, 9.17) is 15.2 Å². The first-order valence-corrected chi connectivity index (χ1v) is 6.61. The van der Waals surface area contributed by atoms with E-state index in [1.54, 1.807) is 6.20 Å².